The normalized spacial score (nSPS) is 9.62. The summed E-state index contributed by atoms with van der Waals surface area (Å²) in [6.45, 7) is 1.98. The fourth-order valence-corrected chi connectivity index (χ4v) is 1.25. The van der Waals surface area contributed by atoms with E-state index in [1.54, 1.807) is 12.3 Å². The molecule has 68 valence electrons. The molecule has 13 heavy (non-hydrogen) atoms. The first-order chi connectivity index (χ1) is 5.77. The van der Waals surface area contributed by atoms with Crippen LogP contribution in [0.15, 0.2) is 30.5 Å². The Balaban J connectivity index is 0.000000845. The lowest BCUT2D eigenvalue weighted by atomic mass is 10.2. The van der Waals surface area contributed by atoms with Gasteiger partial charge in [0, 0.05) is 11.6 Å². The number of pyridine rings is 1. The number of halogens is 1. The molecule has 2 aromatic rings. The zero-order valence-electron chi connectivity index (χ0n) is 7.19. The number of hydrogen-bond donors (Lipinski definition) is 1. The van der Waals surface area contributed by atoms with E-state index in [1.165, 1.54) is 0 Å². The van der Waals surface area contributed by atoms with Gasteiger partial charge in [-0.15, -0.1) is 12.4 Å². The van der Waals surface area contributed by atoms with Crippen molar-refractivity contribution in [3.8, 4) is 5.75 Å². The average Bonchev–Trinajstić information content (AvgIpc) is 2.04. The van der Waals surface area contributed by atoms with E-state index in [1.807, 2.05) is 25.1 Å². The molecular formula is C10H10ClNO. The predicted molar refractivity (Wildman–Crippen MR) is 55.4 cm³/mol. The minimum atomic E-state index is 0. The number of aryl methyl sites for hydroxylation is 1. The number of hydrogen-bond acceptors (Lipinski definition) is 2. The van der Waals surface area contributed by atoms with E-state index in [9.17, 15) is 5.11 Å². The van der Waals surface area contributed by atoms with Crippen molar-refractivity contribution >= 4 is 23.3 Å². The largest absolute Gasteiger partial charge is 0.506 e. The first kappa shape index (κ1) is 9.81. The van der Waals surface area contributed by atoms with E-state index in [0.717, 1.165) is 10.9 Å². The number of para-hydroxylation sites is 1. The van der Waals surface area contributed by atoms with Gasteiger partial charge in [0.25, 0.3) is 0 Å². The third-order valence-electron chi connectivity index (χ3n) is 1.83. The Labute approximate surface area is 82.6 Å². The molecule has 2 rings (SSSR count). The lowest BCUT2D eigenvalue weighted by Gasteiger charge is -1.99. The Morgan fingerprint density at radius 1 is 1.31 bits per heavy atom. The van der Waals surface area contributed by atoms with Gasteiger partial charge in [0.1, 0.15) is 11.3 Å². The number of phenols is 1. The molecular weight excluding hydrogens is 186 g/mol. The highest BCUT2D eigenvalue weighted by Crippen LogP contribution is 2.21. The van der Waals surface area contributed by atoms with E-state index in [0.29, 0.717) is 5.52 Å². The number of nitrogens with zero attached hydrogens (tertiary/aromatic N) is 1. The van der Waals surface area contributed by atoms with Crippen LogP contribution in [0.25, 0.3) is 10.9 Å². The third kappa shape index (κ3) is 1.73. The van der Waals surface area contributed by atoms with Crippen LogP contribution >= 0.6 is 12.4 Å². The van der Waals surface area contributed by atoms with Crippen LogP contribution in [0.5, 0.6) is 5.75 Å². The van der Waals surface area contributed by atoms with Crippen molar-refractivity contribution in [1.29, 1.82) is 0 Å². The number of aromatic nitrogens is 1. The minimum absolute atomic E-state index is 0. The highest BCUT2D eigenvalue weighted by molar-refractivity contribution is 5.85. The summed E-state index contributed by atoms with van der Waals surface area (Å²) >= 11 is 0. The summed E-state index contributed by atoms with van der Waals surface area (Å²) in [5, 5.41) is 10.4. The maximum atomic E-state index is 9.40. The quantitative estimate of drug-likeness (QED) is 0.701. The average molecular weight is 196 g/mol. The fraction of sp³-hybridized carbons (Fsp3) is 0.100. The molecule has 1 aromatic heterocycles. The summed E-state index contributed by atoms with van der Waals surface area (Å²) in [5.41, 5.74) is 1.77. The van der Waals surface area contributed by atoms with E-state index in [-0.39, 0.29) is 18.2 Å². The highest BCUT2D eigenvalue weighted by Gasteiger charge is 1.98. The van der Waals surface area contributed by atoms with Crippen molar-refractivity contribution in [2.45, 2.75) is 6.92 Å². The second-order valence-corrected chi connectivity index (χ2v) is 2.86. The van der Waals surface area contributed by atoms with Gasteiger partial charge in [-0.3, -0.25) is 4.98 Å². The number of fused-ring (bicyclic) bond motifs is 1. The Morgan fingerprint density at radius 3 is 2.85 bits per heavy atom. The van der Waals surface area contributed by atoms with Gasteiger partial charge in [0.05, 0.1) is 0 Å². The highest BCUT2D eigenvalue weighted by atomic mass is 35.5. The molecule has 1 aromatic carbocycles. The summed E-state index contributed by atoms with van der Waals surface area (Å²) in [7, 11) is 0. The third-order valence-corrected chi connectivity index (χ3v) is 1.83. The molecule has 1 heterocycles. The molecule has 1 N–H and O–H groups in total. The second kappa shape index (κ2) is 3.62. The van der Waals surface area contributed by atoms with E-state index in [2.05, 4.69) is 4.98 Å². The minimum Gasteiger partial charge on any atom is -0.506 e. The molecule has 0 bridgehead atoms. The molecule has 2 nitrogen and oxygen atoms in total. The summed E-state index contributed by atoms with van der Waals surface area (Å²) in [6, 6.07) is 7.40. The Kier molecular flexibility index (Phi) is 2.73. The number of benzene rings is 1. The monoisotopic (exact) mass is 195 g/mol. The van der Waals surface area contributed by atoms with Crippen molar-refractivity contribution in [2.75, 3.05) is 0 Å². The van der Waals surface area contributed by atoms with Crippen molar-refractivity contribution < 1.29 is 5.11 Å². The van der Waals surface area contributed by atoms with Crippen LogP contribution < -0.4 is 0 Å². The van der Waals surface area contributed by atoms with Gasteiger partial charge < -0.3 is 5.11 Å². The molecule has 0 unspecified atom stereocenters. The van der Waals surface area contributed by atoms with Crippen LogP contribution in [0.1, 0.15) is 5.56 Å². The molecule has 3 heteroatoms. The molecule has 0 amide bonds. The van der Waals surface area contributed by atoms with Crippen LogP contribution in [0.2, 0.25) is 0 Å². The van der Waals surface area contributed by atoms with Crippen LogP contribution in [0.4, 0.5) is 0 Å². The van der Waals surface area contributed by atoms with Gasteiger partial charge in [-0.05, 0) is 24.6 Å². The van der Waals surface area contributed by atoms with Gasteiger partial charge in [-0.25, -0.2) is 0 Å². The first-order valence-corrected chi connectivity index (χ1v) is 3.82. The summed E-state index contributed by atoms with van der Waals surface area (Å²) in [5.74, 6) is 0.243. The second-order valence-electron chi connectivity index (χ2n) is 2.86. The summed E-state index contributed by atoms with van der Waals surface area (Å²) in [4.78, 5) is 4.13. The topological polar surface area (TPSA) is 33.1 Å². The SMILES string of the molecule is Cc1cnc2c(O)cccc2c1.Cl. The number of phenolic OH excluding ortho intramolecular Hbond substituents is 1. The standard InChI is InChI=1S/C10H9NO.ClH/c1-7-5-8-3-2-4-9(12)10(8)11-6-7;/h2-6,12H,1H3;1H. The smallest absolute Gasteiger partial charge is 0.141 e. The number of rotatable bonds is 0. The Morgan fingerprint density at radius 2 is 2.08 bits per heavy atom. The zero-order valence-corrected chi connectivity index (χ0v) is 8.01. The molecule has 0 radical (unpaired) electrons. The van der Waals surface area contributed by atoms with Gasteiger partial charge >= 0.3 is 0 Å². The van der Waals surface area contributed by atoms with Gasteiger partial charge in [0.2, 0.25) is 0 Å². The van der Waals surface area contributed by atoms with Crippen LogP contribution in [0, 0.1) is 6.92 Å². The molecule has 0 spiro atoms. The maximum Gasteiger partial charge on any atom is 0.141 e. The van der Waals surface area contributed by atoms with Gasteiger partial charge in [-0.2, -0.15) is 0 Å². The molecule has 0 fully saturated rings. The maximum absolute atomic E-state index is 9.40. The first-order valence-electron chi connectivity index (χ1n) is 3.82. The lowest BCUT2D eigenvalue weighted by Crippen LogP contribution is -1.80. The molecule has 0 saturated carbocycles. The van der Waals surface area contributed by atoms with Crippen LogP contribution in [-0.4, -0.2) is 10.1 Å². The molecule has 0 saturated heterocycles. The zero-order chi connectivity index (χ0) is 8.55. The Bertz CT molecular complexity index is 428. The van der Waals surface area contributed by atoms with Crippen molar-refractivity contribution in [2.24, 2.45) is 0 Å². The molecule has 0 aliphatic carbocycles. The molecule has 0 aliphatic rings. The molecule has 0 atom stereocenters. The molecule has 0 aliphatic heterocycles. The van der Waals surface area contributed by atoms with Crippen LogP contribution in [0.3, 0.4) is 0 Å². The Hall–Kier alpha value is -1.28. The lowest BCUT2D eigenvalue weighted by molar-refractivity contribution is 0.480. The predicted octanol–water partition coefficient (Wildman–Crippen LogP) is 2.67. The van der Waals surface area contributed by atoms with E-state index >= 15 is 0 Å². The van der Waals surface area contributed by atoms with Gasteiger partial charge in [-0.1, -0.05) is 12.1 Å². The fourth-order valence-electron chi connectivity index (χ4n) is 1.25. The van der Waals surface area contributed by atoms with E-state index < -0.39 is 0 Å². The summed E-state index contributed by atoms with van der Waals surface area (Å²) < 4.78 is 0. The van der Waals surface area contributed by atoms with Crippen molar-refractivity contribution in [1.82, 2.24) is 4.98 Å². The van der Waals surface area contributed by atoms with E-state index in [4.69, 9.17) is 0 Å². The number of aromatic hydroxyl groups is 1. The van der Waals surface area contributed by atoms with Crippen molar-refractivity contribution in [3.63, 3.8) is 0 Å². The van der Waals surface area contributed by atoms with Crippen LogP contribution in [-0.2, 0) is 0 Å². The van der Waals surface area contributed by atoms with Gasteiger partial charge in [0.15, 0.2) is 0 Å². The van der Waals surface area contributed by atoms with Crippen molar-refractivity contribution in [3.05, 3.63) is 36.0 Å². The summed E-state index contributed by atoms with van der Waals surface area (Å²) in [6.07, 6.45) is 1.75.